The molecule has 0 aliphatic carbocycles. The third-order valence-corrected chi connectivity index (χ3v) is 2.35. The Balaban J connectivity index is 1.91. The Morgan fingerprint density at radius 2 is 2.29 bits per heavy atom. The molecule has 0 aliphatic heterocycles. The van der Waals surface area contributed by atoms with Gasteiger partial charge < -0.3 is 14.7 Å². The van der Waals surface area contributed by atoms with Gasteiger partial charge in [-0.1, -0.05) is 0 Å². The lowest BCUT2D eigenvalue weighted by molar-refractivity contribution is 0.556. The molecule has 3 rings (SSSR count). The number of nitrogens with one attached hydrogen (secondary N) is 2. The molecule has 0 atom stereocenters. The van der Waals surface area contributed by atoms with Crippen LogP contribution in [0.1, 0.15) is 5.69 Å². The van der Waals surface area contributed by atoms with E-state index in [4.69, 9.17) is 16.0 Å². The molecule has 17 heavy (non-hydrogen) atoms. The van der Waals surface area contributed by atoms with Crippen LogP contribution in [0.15, 0.2) is 23.4 Å². The van der Waals surface area contributed by atoms with E-state index < -0.39 is 0 Å². The molecule has 2 N–H and O–H groups in total. The van der Waals surface area contributed by atoms with E-state index in [1.54, 1.807) is 6.26 Å². The van der Waals surface area contributed by atoms with Gasteiger partial charge in [0.05, 0.1) is 18.6 Å². The van der Waals surface area contributed by atoms with Crippen molar-refractivity contribution in [2.45, 2.75) is 6.54 Å². The summed E-state index contributed by atoms with van der Waals surface area (Å²) in [7, 11) is 0. The fourth-order valence-corrected chi connectivity index (χ4v) is 1.60. The van der Waals surface area contributed by atoms with E-state index in [0.717, 1.165) is 5.69 Å². The summed E-state index contributed by atoms with van der Waals surface area (Å²) in [6.45, 7) is 0.484. The molecule has 3 aromatic rings. The number of hydrogen-bond donors (Lipinski definition) is 2. The first-order valence-electron chi connectivity index (χ1n) is 4.80. The quantitative estimate of drug-likeness (QED) is 0.686. The number of imidazole rings is 1. The molecule has 3 heterocycles. The van der Waals surface area contributed by atoms with Gasteiger partial charge in [-0.15, -0.1) is 0 Å². The molecule has 0 unspecified atom stereocenters. The second-order valence-electron chi connectivity index (χ2n) is 3.28. The number of oxazole rings is 1. The first-order valence-corrected chi connectivity index (χ1v) is 5.18. The average Bonchev–Trinajstić information content (AvgIpc) is 2.95. The third-order valence-electron chi connectivity index (χ3n) is 2.18. The Labute approximate surface area is 100 Å². The van der Waals surface area contributed by atoms with Crippen LogP contribution in [0.3, 0.4) is 0 Å². The molecule has 0 aromatic carbocycles. The Bertz CT molecular complexity index is 634. The lowest BCUT2D eigenvalue weighted by Crippen LogP contribution is -2.03. The molecule has 7 nitrogen and oxygen atoms in total. The molecular weight excluding hydrogens is 244 g/mol. The number of hydrogen-bond acceptors (Lipinski definition) is 6. The zero-order valence-electron chi connectivity index (χ0n) is 8.51. The molecule has 0 bridgehead atoms. The van der Waals surface area contributed by atoms with E-state index in [9.17, 15) is 0 Å². The molecular formula is C9H7ClN6O. The molecule has 8 heteroatoms. The number of fused-ring (bicyclic) bond motifs is 1. The Morgan fingerprint density at radius 3 is 3.12 bits per heavy atom. The fourth-order valence-electron chi connectivity index (χ4n) is 1.43. The summed E-state index contributed by atoms with van der Waals surface area (Å²) < 4.78 is 4.87. The summed E-state index contributed by atoms with van der Waals surface area (Å²) in [6.07, 6.45) is 4.46. The van der Waals surface area contributed by atoms with Gasteiger partial charge in [0.2, 0.25) is 5.28 Å². The largest absolute Gasteiger partial charge is 0.451 e. The van der Waals surface area contributed by atoms with Gasteiger partial charge in [-0.25, -0.2) is 9.97 Å². The van der Waals surface area contributed by atoms with Crippen molar-refractivity contribution < 1.29 is 4.42 Å². The van der Waals surface area contributed by atoms with Crippen molar-refractivity contribution in [3.05, 3.63) is 30.0 Å². The molecule has 86 valence electrons. The van der Waals surface area contributed by atoms with Crippen molar-refractivity contribution in [1.82, 2.24) is 24.9 Å². The van der Waals surface area contributed by atoms with Crippen molar-refractivity contribution in [2.24, 2.45) is 0 Å². The molecule has 0 spiro atoms. The maximum atomic E-state index is 5.79. The molecule has 0 saturated carbocycles. The summed E-state index contributed by atoms with van der Waals surface area (Å²) in [6, 6.07) is 0. The van der Waals surface area contributed by atoms with Crippen LogP contribution in [0.25, 0.3) is 11.2 Å². The van der Waals surface area contributed by atoms with E-state index in [1.165, 1.54) is 12.7 Å². The highest BCUT2D eigenvalue weighted by Gasteiger charge is 2.08. The highest BCUT2D eigenvalue weighted by atomic mass is 35.5. The van der Waals surface area contributed by atoms with E-state index in [1.807, 2.05) is 0 Å². The van der Waals surface area contributed by atoms with E-state index in [-0.39, 0.29) is 5.28 Å². The Morgan fingerprint density at radius 1 is 1.35 bits per heavy atom. The van der Waals surface area contributed by atoms with Gasteiger partial charge >= 0.3 is 0 Å². The lowest BCUT2D eigenvalue weighted by Gasteiger charge is -2.03. The van der Waals surface area contributed by atoms with Crippen molar-refractivity contribution in [1.29, 1.82) is 0 Å². The molecule has 0 fully saturated rings. The number of H-pyrrole nitrogens is 1. The normalized spacial score (nSPS) is 10.9. The smallest absolute Gasteiger partial charge is 0.226 e. The van der Waals surface area contributed by atoms with Gasteiger partial charge in [-0.05, 0) is 11.6 Å². The first-order chi connectivity index (χ1) is 8.33. The minimum Gasteiger partial charge on any atom is -0.451 e. The maximum Gasteiger partial charge on any atom is 0.226 e. The lowest BCUT2D eigenvalue weighted by atomic mass is 10.4. The number of halogens is 1. The molecule has 0 saturated heterocycles. The van der Waals surface area contributed by atoms with Crippen molar-refractivity contribution in [3.63, 3.8) is 0 Å². The maximum absolute atomic E-state index is 5.79. The topological polar surface area (TPSA) is 92.5 Å². The van der Waals surface area contributed by atoms with E-state index in [0.29, 0.717) is 23.5 Å². The average molecular weight is 251 g/mol. The SMILES string of the molecule is Clc1nc(NCc2cocn2)c2[nH]cnc2n1. The van der Waals surface area contributed by atoms with E-state index >= 15 is 0 Å². The highest BCUT2D eigenvalue weighted by molar-refractivity contribution is 6.28. The van der Waals surface area contributed by atoms with Crippen LogP contribution >= 0.6 is 11.6 Å². The van der Waals surface area contributed by atoms with Crippen molar-refractivity contribution in [2.75, 3.05) is 5.32 Å². The van der Waals surface area contributed by atoms with Crippen LogP contribution in [0.2, 0.25) is 5.28 Å². The van der Waals surface area contributed by atoms with Gasteiger partial charge in [0.25, 0.3) is 0 Å². The number of anilines is 1. The van der Waals surface area contributed by atoms with Crippen LogP contribution in [0.4, 0.5) is 5.82 Å². The van der Waals surface area contributed by atoms with E-state index in [2.05, 4.69) is 30.2 Å². The van der Waals surface area contributed by atoms with Crippen LogP contribution in [0, 0.1) is 0 Å². The van der Waals surface area contributed by atoms with Crippen molar-refractivity contribution >= 4 is 28.6 Å². The van der Waals surface area contributed by atoms with Crippen LogP contribution in [0.5, 0.6) is 0 Å². The molecule has 3 aromatic heterocycles. The van der Waals surface area contributed by atoms with Gasteiger partial charge in [-0.2, -0.15) is 9.97 Å². The summed E-state index contributed by atoms with van der Waals surface area (Å²) in [5.74, 6) is 0.584. The summed E-state index contributed by atoms with van der Waals surface area (Å²) in [5.41, 5.74) is 2.00. The minimum atomic E-state index is 0.146. The predicted octanol–water partition coefficient (Wildman–Crippen LogP) is 1.61. The second kappa shape index (κ2) is 4.02. The minimum absolute atomic E-state index is 0.146. The predicted molar refractivity (Wildman–Crippen MR) is 60.5 cm³/mol. The summed E-state index contributed by atoms with van der Waals surface area (Å²) in [5, 5.41) is 3.23. The Hall–Kier alpha value is -2.15. The zero-order chi connectivity index (χ0) is 11.7. The van der Waals surface area contributed by atoms with Crippen LogP contribution in [-0.4, -0.2) is 24.9 Å². The van der Waals surface area contributed by atoms with Gasteiger partial charge in [0, 0.05) is 0 Å². The number of aromatic amines is 1. The molecule has 0 amide bonds. The Kier molecular flexibility index (Phi) is 2.37. The monoisotopic (exact) mass is 250 g/mol. The van der Waals surface area contributed by atoms with Gasteiger partial charge in [-0.3, -0.25) is 0 Å². The molecule has 0 aliphatic rings. The van der Waals surface area contributed by atoms with Crippen molar-refractivity contribution in [3.8, 4) is 0 Å². The number of nitrogens with zero attached hydrogens (tertiary/aromatic N) is 4. The zero-order valence-corrected chi connectivity index (χ0v) is 9.27. The fraction of sp³-hybridized carbons (Fsp3) is 0.111. The van der Waals surface area contributed by atoms with Gasteiger partial charge in [0.1, 0.15) is 11.8 Å². The van der Waals surface area contributed by atoms with Crippen LogP contribution in [-0.2, 0) is 6.54 Å². The highest BCUT2D eigenvalue weighted by Crippen LogP contribution is 2.18. The summed E-state index contributed by atoms with van der Waals surface area (Å²) >= 11 is 5.79. The van der Waals surface area contributed by atoms with Gasteiger partial charge in [0.15, 0.2) is 17.9 Å². The third kappa shape index (κ3) is 1.92. The standard InChI is InChI=1S/C9H7ClN6O/c10-9-15-7(6-8(16-9)13-3-12-6)11-1-5-2-17-4-14-5/h2-4H,1H2,(H2,11,12,13,15,16). The summed E-state index contributed by atoms with van der Waals surface area (Å²) in [4.78, 5) is 19.0. The first kappa shape index (κ1) is 10.0. The number of aromatic nitrogens is 5. The molecule has 0 radical (unpaired) electrons. The second-order valence-corrected chi connectivity index (χ2v) is 3.61. The number of rotatable bonds is 3. The van der Waals surface area contributed by atoms with Crippen LogP contribution < -0.4 is 5.32 Å².